The van der Waals surface area contributed by atoms with Gasteiger partial charge in [-0.3, -0.25) is 4.98 Å². The molecule has 1 aromatic carbocycles. The van der Waals surface area contributed by atoms with Gasteiger partial charge in [-0.15, -0.1) is 0 Å². The van der Waals surface area contributed by atoms with Crippen LogP contribution in [-0.2, 0) is 11.4 Å². The first-order valence-corrected chi connectivity index (χ1v) is 6.77. The minimum absolute atomic E-state index is 0.199. The lowest BCUT2D eigenvalue weighted by atomic mass is 10.2. The summed E-state index contributed by atoms with van der Waals surface area (Å²) in [6.45, 7) is 0.199. The Morgan fingerprint density at radius 2 is 2.19 bits per heavy atom. The second-order valence-electron chi connectivity index (χ2n) is 4.11. The van der Waals surface area contributed by atoms with E-state index >= 15 is 0 Å². The van der Waals surface area contributed by atoms with Crippen LogP contribution in [0, 0.1) is 5.82 Å². The van der Waals surface area contributed by atoms with Gasteiger partial charge in [-0.2, -0.15) is 0 Å². The van der Waals surface area contributed by atoms with Gasteiger partial charge >= 0.3 is 5.97 Å². The van der Waals surface area contributed by atoms with Crippen molar-refractivity contribution in [2.75, 3.05) is 0 Å². The van der Waals surface area contributed by atoms with Gasteiger partial charge in [0.05, 0.1) is 11.9 Å². The monoisotopic (exact) mass is 351 g/mol. The fourth-order valence-electron chi connectivity index (χ4n) is 1.55. The number of carboxylic acids is 1. The molecule has 0 aliphatic carbocycles. The summed E-state index contributed by atoms with van der Waals surface area (Å²) in [4.78, 5) is 14.4. The number of hydrogen-bond donors (Lipinski definition) is 1. The van der Waals surface area contributed by atoms with Crippen molar-refractivity contribution < 1.29 is 19.0 Å². The molecule has 0 radical (unpaired) electrons. The molecule has 1 aromatic heterocycles. The molecule has 108 valence electrons. The Hall–Kier alpha value is -2.21. The number of benzene rings is 1. The average molecular weight is 352 g/mol. The van der Waals surface area contributed by atoms with Crippen molar-refractivity contribution in [2.24, 2.45) is 0 Å². The molecule has 4 nitrogen and oxygen atoms in total. The van der Waals surface area contributed by atoms with Gasteiger partial charge in [0.15, 0.2) is 0 Å². The van der Waals surface area contributed by atoms with Crippen LogP contribution in [0.15, 0.2) is 47.1 Å². The molecule has 1 N–H and O–H groups in total. The molecular weight excluding hydrogens is 341 g/mol. The van der Waals surface area contributed by atoms with E-state index in [1.165, 1.54) is 24.4 Å². The Balaban J connectivity index is 2.00. The molecule has 0 saturated heterocycles. The highest BCUT2D eigenvalue weighted by Gasteiger charge is 2.03. The molecule has 0 aliphatic heterocycles. The van der Waals surface area contributed by atoms with Crippen molar-refractivity contribution in [3.8, 4) is 5.75 Å². The lowest BCUT2D eigenvalue weighted by Gasteiger charge is -2.08. The predicted octanol–water partition coefficient (Wildman–Crippen LogP) is 3.66. The highest BCUT2D eigenvalue weighted by molar-refractivity contribution is 9.10. The molecule has 2 rings (SSSR count). The van der Waals surface area contributed by atoms with E-state index in [0.29, 0.717) is 17.0 Å². The number of aliphatic carboxylic acids is 1. The third-order valence-electron chi connectivity index (χ3n) is 2.56. The smallest absolute Gasteiger partial charge is 0.328 e. The Morgan fingerprint density at radius 3 is 2.86 bits per heavy atom. The van der Waals surface area contributed by atoms with Crippen molar-refractivity contribution in [2.45, 2.75) is 6.61 Å². The first-order valence-electron chi connectivity index (χ1n) is 5.98. The molecule has 21 heavy (non-hydrogen) atoms. The lowest BCUT2D eigenvalue weighted by Crippen LogP contribution is -1.98. The molecular formula is C15H11BrFNO3. The zero-order chi connectivity index (χ0) is 15.2. The number of hydrogen-bond acceptors (Lipinski definition) is 3. The second-order valence-corrected chi connectivity index (χ2v) is 4.97. The van der Waals surface area contributed by atoms with Gasteiger partial charge in [0.25, 0.3) is 0 Å². The normalized spacial score (nSPS) is 10.8. The number of halogens is 2. The summed E-state index contributed by atoms with van der Waals surface area (Å²) >= 11 is 3.32. The van der Waals surface area contributed by atoms with E-state index in [1.54, 1.807) is 18.2 Å². The number of carbonyl (C=O) groups is 1. The molecule has 1 heterocycles. The fraction of sp³-hybridized carbons (Fsp3) is 0.0667. The van der Waals surface area contributed by atoms with Gasteiger partial charge in [0.1, 0.15) is 18.2 Å². The quantitative estimate of drug-likeness (QED) is 0.835. The summed E-state index contributed by atoms with van der Waals surface area (Å²) in [6, 6.07) is 7.67. The number of aromatic nitrogens is 1. The van der Waals surface area contributed by atoms with E-state index in [4.69, 9.17) is 9.84 Å². The van der Waals surface area contributed by atoms with Crippen LogP contribution in [-0.4, -0.2) is 16.1 Å². The molecule has 0 bridgehead atoms. The number of carboxylic acid groups (broad SMARTS) is 1. The Morgan fingerprint density at radius 1 is 1.38 bits per heavy atom. The van der Waals surface area contributed by atoms with Crippen LogP contribution in [0.2, 0.25) is 0 Å². The van der Waals surface area contributed by atoms with Crippen LogP contribution in [0.1, 0.15) is 11.3 Å². The highest BCUT2D eigenvalue weighted by Crippen LogP contribution is 2.20. The third kappa shape index (κ3) is 4.68. The van der Waals surface area contributed by atoms with E-state index in [2.05, 4.69) is 20.9 Å². The van der Waals surface area contributed by atoms with Gasteiger partial charge in [-0.1, -0.05) is 15.9 Å². The van der Waals surface area contributed by atoms with Gasteiger partial charge in [-0.05, 0) is 36.4 Å². The molecule has 0 amide bonds. The number of pyridine rings is 1. The maximum Gasteiger partial charge on any atom is 0.328 e. The van der Waals surface area contributed by atoms with Crippen LogP contribution in [0.3, 0.4) is 0 Å². The highest BCUT2D eigenvalue weighted by atomic mass is 79.9. The maximum absolute atomic E-state index is 13.1. The molecule has 2 aromatic rings. The standard InChI is InChI=1S/C15H11BrFNO3/c16-14-5-1-11(17)7-10(14)9-21-13-4-2-12(18-8-13)3-6-15(19)20/h1-8H,9H2,(H,19,20)/b6-3+. The number of ether oxygens (including phenoxy) is 1. The summed E-state index contributed by atoms with van der Waals surface area (Å²) in [5.41, 5.74) is 1.20. The first kappa shape index (κ1) is 15.2. The van der Waals surface area contributed by atoms with Gasteiger partial charge in [-0.25, -0.2) is 9.18 Å². The zero-order valence-corrected chi connectivity index (χ0v) is 12.4. The van der Waals surface area contributed by atoms with Crippen molar-refractivity contribution in [1.29, 1.82) is 0 Å². The van der Waals surface area contributed by atoms with E-state index in [1.807, 2.05) is 0 Å². The van der Waals surface area contributed by atoms with Crippen LogP contribution in [0.4, 0.5) is 4.39 Å². The minimum Gasteiger partial charge on any atom is -0.487 e. The largest absolute Gasteiger partial charge is 0.487 e. The minimum atomic E-state index is -1.03. The van der Waals surface area contributed by atoms with E-state index < -0.39 is 5.97 Å². The molecule has 0 aliphatic rings. The van der Waals surface area contributed by atoms with Crippen molar-refractivity contribution >= 4 is 28.0 Å². The molecule has 0 saturated carbocycles. The maximum atomic E-state index is 13.1. The molecule has 0 atom stereocenters. The van der Waals surface area contributed by atoms with Crippen molar-refractivity contribution in [3.05, 3.63) is 64.2 Å². The van der Waals surface area contributed by atoms with Crippen LogP contribution >= 0.6 is 15.9 Å². The SMILES string of the molecule is O=C(O)/C=C/c1ccc(OCc2cc(F)ccc2Br)cn1. The van der Waals surface area contributed by atoms with Crippen LogP contribution < -0.4 is 4.74 Å². The van der Waals surface area contributed by atoms with Gasteiger partial charge in [0.2, 0.25) is 0 Å². The van der Waals surface area contributed by atoms with Gasteiger partial charge < -0.3 is 9.84 Å². The summed E-state index contributed by atoms with van der Waals surface area (Å²) in [5.74, 6) is -0.851. The number of nitrogens with zero attached hydrogens (tertiary/aromatic N) is 1. The molecule has 6 heteroatoms. The lowest BCUT2D eigenvalue weighted by molar-refractivity contribution is -0.131. The van der Waals surface area contributed by atoms with E-state index in [9.17, 15) is 9.18 Å². The average Bonchev–Trinajstić information content (AvgIpc) is 2.47. The summed E-state index contributed by atoms with van der Waals surface area (Å²) in [7, 11) is 0. The van der Waals surface area contributed by atoms with Crippen molar-refractivity contribution in [3.63, 3.8) is 0 Å². The Labute approximate surface area is 129 Å². The summed E-state index contributed by atoms with van der Waals surface area (Å²) in [6.07, 6.45) is 3.87. The van der Waals surface area contributed by atoms with Crippen LogP contribution in [0.25, 0.3) is 6.08 Å². The fourth-order valence-corrected chi connectivity index (χ4v) is 1.91. The summed E-state index contributed by atoms with van der Waals surface area (Å²) in [5, 5.41) is 8.51. The Kier molecular flexibility index (Phi) is 5.05. The predicted molar refractivity (Wildman–Crippen MR) is 79.3 cm³/mol. The van der Waals surface area contributed by atoms with Crippen LogP contribution in [0.5, 0.6) is 5.75 Å². The first-order chi connectivity index (χ1) is 10.0. The number of rotatable bonds is 5. The zero-order valence-electron chi connectivity index (χ0n) is 10.8. The van der Waals surface area contributed by atoms with E-state index in [-0.39, 0.29) is 12.4 Å². The second kappa shape index (κ2) is 6.99. The Bertz CT molecular complexity index is 671. The van der Waals surface area contributed by atoms with Crippen molar-refractivity contribution in [1.82, 2.24) is 4.98 Å². The topological polar surface area (TPSA) is 59.4 Å². The summed E-state index contributed by atoms with van der Waals surface area (Å²) < 4.78 is 19.4. The van der Waals surface area contributed by atoms with Gasteiger partial charge in [0, 0.05) is 16.1 Å². The molecule has 0 spiro atoms. The molecule has 0 unspecified atom stereocenters. The van der Waals surface area contributed by atoms with E-state index in [0.717, 1.165) is 10.5 Å². The molecule has 0 fully saturated rings. The third-order valence-corrected chi connectivity index (χ3v) is 3.33.